The molecule has 1 fully saturated rings. The van der Waals surface area contributed by atoms with Gasteiger partial charge in [-0.25, -0.2) is 0 Å². The zero-order chi connectivity index (χ0) is 11.6. The van der Waals surface area contributed by atoms with Gasteiger partial charge in [0.25, 0.3) is 0 Å². The second-order valence-corrected chi connectivity index (χ2v) is 4.57. The first-order valence-corrected chi connectivity index (χ1v) is 5.36. The van der Waals surface area contributed by atoms with Gasteiger partial charge < -0.3 is 16.4 Å². The number of nitrogens with zero attached hydrogens (tertiary/aromatic N) is 2. The van der Waals surface area contributed by atoms with E-state index in [1.54, 1.807) is 0 Å². The van der Waals surface area contributed by atoms with E-state index >= 15 is 0 Å². The highest BCUT2D eigenvalue weighted by atomic mass is 15.3. The summed E-state index contributed by atoms with van der Waals surface area (Å²) in [6, 6.07) is 0.330. The lowest BCUT2D eigenvalue weighted by Crippen LogP contribution is -2.48. The molecule has 0 amide bonds. The van der Waals surface area contributed by atoms with Crippen LogP contribution in [0.15, 0.2) is 4.99 Å². The van der Waals surface area contributed by atoms with Crippen molar-refractivity contribution in [2.24, 2.45) is 28.3 Å². The molecular weight excluding hydrogens is 190 g/mol. The maximum Gasteiger partial charge on any atom is 0.221 e. The largest absolute Gasteiger partial charge is 0.370 e. The molecule has 0 aliphatic carbocycles. The molecule has 1 saturated heterocycles. The van der Waals surface area contributed by atoms with Crippen molar-refractivity contribution in [3.8, 4) is 0 Å². The van der Waals surface area contributed by atoms with E-state index in [-0.39, 0.29) is 11.9 Å². The summed E-state index contributed by atoms with van der Waals surface area (Å²) in [6.07, 6.45) is 1.20. The minimum Gasteiger partial charge on any atom is -0.370 e. The Kier molecular flexibility index (Phi) is 3.55. The molecule has 5 nitrogen and oxygen atoms in total. The average Bonchev–Trinajstić information content (AvgIpc) is 2.09. The van der Waals surface area contributed by atoms with E-state index in [0.29, 0.717) is 17.9 Å². The van der Waals surface area contributed by atoms with E-state index in [1.165, 1.54) is 6.42 Å². The molecule has 1 aliphatic rings. The molecule has 0 radical (unpaired) electrons. The molecule has 0 aromatic rings. The molecule has 0 aromatic carbocycles. The first-order valence-electron chi connectivity index (χ1n) is 5.36. The van der Waals surface area contributed by atoms with Gasteiger partial charge in [-0.1, -0.05) is 13.8 Å². The number of hydrogen-bond acceptors (Lipinski definition) is 1. The van der Waals surface area contributed by atoms with Crippen LogP contribution in [0.25, 0.3) is 0 Å². The van der Waals surface area contributed by atoms with Gasteiger partial charge in [0, 0.05) is 12.6 Å². The molecule has 1 heterocycles. The third-order valence-electron chi connectivity index (χ3n) is 3.10. The molecule has 5 heteroatoms. The van der Waals surface area contributed by atoms with Gasteiger partial charge in [0.15, 0.2) is 5.96 Å². The molecular formula is C10H21N5. The van der Waals surface area contributed by atoms with Gasteiger partial charge in [0.05, 0.1) is 0 Å². The number of likely N-dealkylation sites (tertiary alicyclic amines) is 1. The Morgan fingerprint density at radius 2 is 1.93 bits per heavy atom. The number of piperidine rings is 1. The zero-order valence-electron chi connectivity index (χ0n) is 9.70. The van der Waals surface area contributed by atoms with Crippen LogP contribution in [0.1, 0.15) is 27.2 Å². The first kappa shape index (κ1) is 11.8. The van der Waals surface area contributed by atoms with E-state index in [9.17, 15) is 0 Å². The Labute approximate surface area is 91.0 Å². The predicted octanol–water partition coefficient (Wildman–Crippen LogP) is 0.561. The lowest BCUT2D eigenvalue weighted by Gasteiger charge is -2.41. The number of nitrogens with one attached hydrogen (secondary N) is 1. The Hall–Kier alpha value is -1.26. The number of aliphatic imine (C=N–C) groups is 1. The van der Waals surface area contributed by atoms with Crippen LogP contribution in [0.2, 0.25) is 0 Å². The quantitative estimate of drug-likeness (QED) is 0.404. The Bertz CT molecular complexity index is 269. The molecule has 5 N–H and O–H groups in total. The van der Waals surface area contributed by atoms with Crippen molar-refractivity contribution in [3.63, 3.8) is 0 Å². The van der Waals surface area contributed by atoms with E-state index in [0.717, 1.165) is 6.54 Å². The van der Waals surface area contributed by atoms with Crippen LogP contribution in [-0.4, -0.2) is 29.4 Å². The van der Waals surface area contributed by atoms with Gasteiger partial charge in [-0.15, -0.1) is 0 Å². The molecule has 3 atom stereocenters. The zero-order valence-corrected chi connectivity index (χ0v) is 9.70. The normalized spacial score (nSPS) is 31.1. The predicted molar refractivity (Wildman–Crippen MR) is 62.6 cm³/mol. The summed E-state index contributed by atoms with van der Waals surface area (Å²) in [4.78, 5) is 5.77. The van der Waals surface area contributed by atoms with Crippen molar-refractivity contribution in [2.75, 3.05) is 6.54 Å². The van der Waals surface area contributed by atoms with Crippen molar-refractivity contribution in [3.05, 3.63) is 0 Å². The van der Waals surface area contributed by atoms with Crippen LogP contribution in [0.4, 0.5) is 0 Å². The summed E-state index contributed by atoms with van der Waals surface area (Å²) in [7, 11) is 0. The summed E-state index contributed by atoms with van der Waals surface area (Å²) in [5.74, 6) is 1.30. The van der Waals surface area contributed by atoms with Crippen LogP contribution < -0.4 is 11.5 Å². The SMILES string of the molecule is CC1CC(C)C(C)N(C(=N)N=C(N)N)C1. The second kappa shape index (κ2) is 4.51. The van der Waals surface area contributed by atoms with E-state index in [4.69, 9.17) is 16.9 Å². The fourth-order valence-corrected chi connectivity index (χ4v) is 2.18. The topological polar surface area (TPSA) is 91.5 Å². The number of rotatable bonds is 0. The fraction of sp³-hybridized carbons (Fsp3) is 0.800. The smallest absolute Gasteiger partial charge is 0.221 e. The average molecular weight is 211 g/mol. The Morgan fingerprint density at radius 1 is 1.33 bits per heavy atom. The van der Waals surface area contributed by atoms with Gasteiger partial charge in [-0.2, -0.15) is 4.99 Å². The maximum absolute atomic E-state index is 7.80. The van der Waals surface area contributed by atoms with Gasteiger partial charge >= 0.3 is 0 Å². The highest BCUT2D eigenvalue weighted by Crippen LogP contribution is 2.26. The summed E-state index contributed by atoms with van der Waals surface area (Å²) < 4.78 is 0. The summed E-state index contributed by atoms with van der Waals surface area (Å²) in [5, 5.41) is 7.80. The highest BCUT2D eigenvalue weighted by molar-refractivity contribution is 5.91. The van der Waals surface area contributed by atoms with E-state index in [1.807, 2.05) is 4.90 Å². The van der Waals surface area contributed by atoms with Crippen LogP contribution in [-0.2, 0) is 0 Å². The molecule has 3 unspecified atom stereocenters. The molecule has 0 spiro atoms. The van der Waals surface area contributed by atoms with E-state index in [2.05, 4.69) is 25.8 Å². The number of hydrogen-bond donors (Lipinski definition) is 3. The number of nitrogens with two attached hydrogens (primary N) is 2. The molecule has 0 saturated carbocycles. The molecule has 86 valence electrons. The van der Waals surface area contributed by atoms with Crippen molar-refractivity contribution >= 4 is 11.9 Å². The van der Waals surface area contributed by atoms with Crippen LogP contribution in [0.5, 0.6) is 0 Å². The van der Waals surface area contributed by atoms with Crippen molar-refractivity contribution in [1.29, 1.82) is 5.41 Å². The van der Waals surface area contributed by atoms with Gasteiger partial charge in [-0.05, 0) is 25.2 Å². The monoisotopic (exact) mass is 211 g/mol. The van der Waals surface area contributed by atoms with E-state index < -0.39 is 0 Å². The van der Waals surface area contributed by atoms with Crippen molar-refractivity contribution in [1.82, 2.24) is 4.90 Å². The molecule has 1 rings (SSSR count). The minimum atomic E-state index is -0.0434. The maximum atomic E-state index is 7.80. The highest BCUT2D eigenvalue weighted by Gasteiger charge is 2.30. The van der Waals surface area contributed by atoms with Crippen molar-refractivity contribution < 1.29 is 0 Å². The minimum absolute atomic E-state index is 0.0434. The number of guanidine groups is 2. The summed E-state index contributed by atoms with van der Waals surface area (Å²) in [5.41, 5.74) is 10.6. The van der Waals surface area contributed by atoms with Gasteiger partial charge in [0.1, 0.15) is 0 Å². The standard InChI is InChI=1S/C10H21N5/c1-6-4-7(2)8(3)15(5-6)10(13)14-9(11)12/h6-8H,4-5H2,1-3H3,(H5,11,12,13,14). The lowest BCUT2D eigenvalue weighted by molar-refractivity contribution is 0.145. The van der Waals surface area contributed by atoms with Gasteiger partial charge in [-0.3, -0.25) is 5.41 Å². The first-order chi connectivity index (χ1) is 6.91. The third kappa shape index (κ3) is 2.84. The second-order valence-electron chi connectivity index (χ2n) is 4.57. The Morgan fingerprint density at radius 3 is 2.47 bits per heavy atom. The molecule has 0 aromatic heterocycles. The summed E-state index contributed by atoms with van der Waals surface area (Å²) >= 11 is 0. The third-order valence-corrected chi connectivity index (χ3v) is 3.10. The molecule has 15 heavy (non-hydrogen) atoms. The molecule has 0 bridgehead atoms. The summed E-state index contributed by atoms with van der Waals surface area (Å²) in [6.45, 7) is 7.38. The van der Waals surface area contributed by atoms with Gasteiger partial charge in [0.2, 0.25) is 5.96 Å². The van der Waals surface area contributed by atoms with Crippen LogP contribution in [0, 0.1) is 17.2 Å². The van der Waals surface area contributed by atoms with Crippen molar-refractivity contribution in [2.45, 2.75) is 33.2 Å². The lowest BCUT2D eigenvalue weighted by atomic mass is 9.86. The van der Waals surface area contributed by atoms with Crippen LogP contribution in [0.3, 0.4) is 0 Å². The fourth-order valence-electron chi connectivity index (χ4n) is 2.18. The molecule has 1 aliphatic heterocycles. The Balaban J connectivity index is 2.75. The van der Waals surface area contributed by atoms with Crippen LogP contribution >= 0.6 is 0 Å².